The van der Waals surface area contributed by atoms with Crippen LogP contribution in [0.4, 0.5) is 0 Å². The molecule has 0 N–H and O–H groups in total. The third kappa shape index (κ3) is 1.73. The summed E-state index contributed by atoms with van der Waals surface area (Å²) in [5.41, 5.74) is 1.43. The van der Waals surface area contributed by atoms with Gasteiger partial charge in [0.05, 0.1) is 11.7 Å². The lowest BCUT2D eigenvalue weighted by Crippen LogP contribution is -2.65. The zero-order valence-electron chi connectivity index (χ0n) is 14.1. The molecular formula is C20H23BO2. The fourth-order valence-electron chi connectivity index (χ4n) is 5.45. The highest BCUT2D eigenvalue weighted by atomic mass is 16.7. The first-order chi connectivity index (χ1) is 11.0. The van der Waals surface area contributed by atoms with Crippen molar-refractivity contribution >= 4 is 23.4 Å². The molecule has 4 aliphatic rings. The summed E-state index contributed by atoms with van der Waals surface area (Å²) < 4.78 is 13.0. The molecule has 1 unspecified atom stereocenters. The smallest absolute Gasteiger partial charge is 0.401 e. The van der Waals surface area contributed by atoms with Crippen molar-refractivity contribution in [1.29, 1.82) is 0 Å². The lowest BCUT2D eigenvalue weighted by molar-refractivity contribution is -0.199. The van der Waals surface area contributed by atoms with E-state index in [-0.39, 0.29) is 18.8 Å². The molecule has 3 aliphatic carbocycles. The maximum absolute atomic E-state index is 6.61. The van der Waals surface area contributed by atoms with Gasteiger partial charge in [-0.25, -0.2) is 0 Å². The Bertz CT molecular complexity index is 781. The van der Waals surface area contributed by atoms with Crippen LogP contribution in [0.1, 0.15) is 33.6 Å². The number of hydrogen-bond acceptors (Lipinski definition) is 2. The van der Waals surface area contributed by atoms with Gasteiger partial charge in [0.2, 0.25) is 0 Å². The van der Waals surface area contributed by atoms with Gasteiger partial charge in [-0.3, -0.25) is 0 Å². The van der Waals surface area contributed by atoms with Crippen LogP contribution in [-0.2, 0) is 9.31 Å². The average Bonchev–Trinajstić information content (AvgIpc) is 2.90. The predicted octanol–water partition coefficient (Wildman–Crippen LogP) is 3.78. The second-order valence-corrected chi connectivity index (χ2v) is 8.37. The van der Waals surface area contributed by atoms with Crippen molar-refractivity contribution < 1.29 is 9.31 Å². The topological polar surface area (TPSA) is 18.5 Å². The second-order valence-electron chi connectivity index (χ2n) is 8.37. The van der Waals surface area contributed by atoms with Crippen molar-refractivity contribution in [2.45, 2.75) is 45.3 Å². The Balaban J connectivity index is 1.55. The minimum atomic E-state index is -0.230. The molecule has 2 bridgehead atoms. The lowest BCUT2D eigenvalue weighted by Gasteiger charge is -2.64. The Kier molecular flexibility index (Phi) is 2.69. The van der Waals surface area contributed by atoms with Crippen LogP contribution in [0.25, 0.3) is 10.8 Å². The van der Waals surface area contributed by atoms with Crippen LogP contribution in [-0.4, -0.2) is 18.8 Å². The van der Waals surface area contributed by atoms with E-state index in [1.807, 2.05) is 0 Å². The molecule has 118 valence electrons. The standard InChI is InChI=1S/C20H23BO2/c1-19(2)14-11-17(19)20(3)18(12-14)22-21(23-20)16-10-6-8-13-7-4-5-9-15(13)16/h4-10,14,17-18H,11-12H2,1-3H3/t14-,17-,18?,20-/m0/s1. The molecule has 1 saturated heterocycles. The molecule has 0 spiro atoms. The van der Waals surface area contributed by atoms with Gasteiger partial charge in [-0.1, -0.05) is 56.3 Å². The number of rotatable bonds is 1. The van der Waals surface area contributed by atoms with Crippen LogP contribution in [0.5, 0.6) is 0 Å². The predicted molar refractivity (Wildman–Crippen MR) is 93.7 cm³/mol. The molecule has 6 rings (SSSR count). The highest BCUT2D eigenvalue weighted by Gasteiger charge is 2.68. The molecule has 23 heavy (non-hydrogen) atoms. The first-order valence-corrected chi connectivity index (χ1v) is 8.81. The van der Waals surface area contributed by atoms with Gasteiger partial charge in [-0.05, 0) is 53.3 Å². The summed E-state index contributed by atoms with van der Waals surface area (Å²) in [6.07, 6.45) is 2.68. The van der Waals surface area contributed by atoms with Crippen molar-refractivity contribution in [3.8, 4) is 0 Å². The van der Waals surface area contributed by atoms with E-state index in [2.05, 4.69) is 63.2 Å². The molecule has 4 fully saturated rings. The van der Waals surface area contributed by atoms with E-state index in [4.69, 9.17) is 9.31 Å². The summed E-state index contributed by atoms with van der Waals surface area (Å²) in [7, 11) is -0.230. The first kappa shape index (κ1) is 14.1. The molecule has 0 radical (unpaired) electrons. The quantitative estimate of drug-likeness (QED) is 0.747. The van der Waals surface area contributed by atoms with Crippen molar-refractivity contribution in [3.05, 3.63) is 42.5 Å². The summed E-state index contributed by atoms with van der Waals surface area (Å²) >= 11 is 0. The van der Waals surface area contributed by atoms with Crippen molar-refractivity contribution in [2.75, 3.05) is 0 Å². The molecule has 2 aromatic rings. The molecule has 3 saturated carbocycles. The third-order valence-electron chi connectivity index (χ3n) is 7.03. The normalized spacial score (nSPS) is 37.5. The van der Waals surface area contributed by atoms with Crippen LogP contribution < -0.4 is 5.46 Å². The molecule has 0 amide bonds. The van der Waals surface area contributed by atoms with E-state index >= 15 is 0 Å². The van der Waals surface area contributed by atoms with Crippen molar-refractivity contribution in [2.24, 2.45) is 17.3 Å². The van der Waals surface area contributed by atoms with Crippen LogP contribution in [0.15, 0.2) is 42.5 Å². The highest BCUT2D eigenvalue weighted by Crippen LogP contribution is 2.65. The van der Waals surface area contributed by atoms with Crippen LogP contribution >= 0.6 is 0 Å². The van der Waals surface area contributed by atoms with E-state index in [1.165, 1.54) is 22.7 Å². The zero-order valence-corrected chi connectivity index (χ0v) is 14.1. The Morgan fingerprint density at radius 2 is 1.78 bits per heavy atom. The van der Waals surface area contributed by atoms with Gasteiger partial charge in [-0.2, -0.15) is 0 Å². The van der Waals surface area contributed by atoms with E-state index < -0.39 is 0 Å². The van der Waals surface area contributed by atoms with Crippen molar-refractivity contribution in [1.82, 2.24) is 0 Å². The van der Waals surface area contributed by atoms with E-state index in [0.717, 1.165) is 12.3 Å². The highest BCUT2D eigenvalue weighted by molar-refractivity contribution is 6.65. The zero-order chi connectivity index (χ0) is 15.8. The Hall–Kier alpha value is -1.32. The van der Waals surface area contributed by atoms with Crippen molar-refractivity contribution in [3.63, 3.8) is 0 Å². The molecule has 3 heteroatoms. The first-order valence-electron chi connectivity index (χ1n) is 8.81. The van der Waals surface area contributed by atoms with E-state index in [1.54, 1.807) is 0 Å². The monoisotopic (exact) mass is 306 g/mol. The van der Waals surface area contributed by atoms with Gasteiger partial charge in [0, 0.05) is 0 Å². The Morgan fingerprint density at radius 3 is 2.61 bits per heavy atom. The van der Waals surface area contributed by atoms with Gasteiger partial charge < -0.3 is 9.31 Å². The Morgan fingerprint density at radius 1 is 1.00 bits per heavy atom. The molecule has 1 heterocycles. The summed E-state index contributed by atoms with van der Waals surface area (Å²) in [6, 6.07) is 14.9. The van der Waals surface area contributed by atoms with Gasteiger partial charge in [0.25, 0.3) is 0 Å². The maximum Gasteiger partial charge on any atom is 0.495 e. The Labute approximate surface area is 138 Å². The van der Waals surface area contributed by atoms with E-state index in [9.17, 15) is 0 Å². The molecule has 1 aliphatic heterocycles. The van der Waals surface area contributed by atoms with Crippen LogP contribution in [0.3, 0.4) is 0 Å². The summed E-state index contributed by atoms with van der Waals surface area (Å²) in [4.78, 5) is 0. The minimum absolute atomic E-state index is 0.139. The molecule has 2 aromatic carbocycles. The van der Waals surface area contributed by atoms with Gasteiger partial charge in [0.15, 0.2) is 0 Å². The van der Waals surface area contributed by atoms with Gasteiger partial charge in [0.1, 0.15) is 0 Å². The second kappa shape index (κ2) is 4.40. The number of fused-ring (bicyclic) bond motifs is 1. The van der Waals surface area contributed by atoms with Gasteiger partial charge in [-0.15, -0.1) is 0 Å². The molecule has 2 nitrogen and oxygen atoms in total. The van der Waals surface area contributed by atoms with E-state index in [0.29, 0.717) is 11.3 Å². The summed E-state index contributed by atoms with van der Waals surface area (Å²) in [6.45, 7) is 7.09. The van der Waals surface area contributed by atoms with Gasteiger partial charge >= 0.3 is 7.12 Å². The molecular weight excluding hydrogens is 283 g/mol. The number of benzene rings is 2. The fraction of sp³-hybridized carbons (Fsp3) is 0.500. The summed E-state index contributed by atoms with van der Waals surface area (Å²) in [5.74, 6) is 1.40. The van der Waals surface area contributed by atoms with Crippen LogP contribution in [0, 0.1) is 17.3 Å². The number of hydrogen-bond donors (Lipinski definition) is 0. The molecule has 4 atom stereocenters. The SMILES string of the molecule is CC1(C)[C@@H]2CC3OB(c4cccc5ccccc45)O[C@@]3(C)[C@H]1C2. The average molecular weight is 306 g/mol. The minimum Gasteiger partial charge on any atom is -0.401 e. The summed E-state index contributed by atoms with van der Waals surface area (Å²) in [5, 5.41) is 2.50. The largest absolute Gasteiger partial charge is 0.495 e. The maximum atomic E-state index is 6.61. The fourth-order valence-corrected chi connectivity index (χ4v) is 5.45. The molecule has 0 aromatic heterocycles. The lowest BCUT2D eigenvalue weighted by atomic mass is 9.43. The van der Waals surface area contributed by atoms with Crippen LogP contribution in [0.2, 0.25) is 0 Å². The third-order valence-corrected chi connectivity index (χ3v) is 7.03.